The minimum Gasteiger partial charge on any atom is -0.370 e. The van der Waals surface area contributed by atoms with Gasteiger partial charge in [0.25, 0.3) is 5.91 Å². The van der Waals surface area contributed by atoms with Gasteiger partial charge in [0.05, 0.1) is 19.2 Å². The first-order chi connectivity index (χ1) is 10.1. The van der Waals surface area contributed by atoms with E-state index in [2.05, 4.69) is 15.2 Å². The van der Waals surface area contributed by atoms with Gasteiger partial charge in [0.2, 0.25) is 5.82 Å². The van der Waals surface area contributed by atoms with E-state index in [9.17, 15) is 9.59 Å². The van der Waals surface area contributed by atoms with E-state index < -0.39 is 5.69 Å². The van der Waals surface area contributed by atoms with Crippen molar-refractivity contribution in [2.24, 2.45) is 0 Å². The lowest BCUT2D eigenvalue weighted by atomic mass is 10.1. The molecule has 21 heavy (non-hydrogen) atoms. The van der Waals surface area contributed by atoms with Gasteiger partial charge in [-0.05, 0) is 12.5 Å². The van der Waals surface area contributed by atoms with Crippen LogP contribution in [0.3, 0.4) is 0 Å². The molecule has 2 aromatic rings. The van der Waals surface area contributed by atoms with E-state index in [1.165, 1.54) is 0 Å². The highest BCUT2D eigenvalue weighted by molar-refractivity contribution is 5.90. The number of benzene rings is 1. The molecule has 0 spiro atoms. The van der Waals surface area contributed by atoms with E-state index in [1.807, 2.05) is 37.3 Å². The van der Waals surface area contributed by atoms with Crippen molar-refractivity contribution in [2.45, 2.75) is 19.1 Å². The van der Waals surface area contributed by atoms with E-state index >= 15 is 0 Å². The van der Waals surface area contributed by atoms with E-state index in [4.69, 9.17) is 4.74 Å². The van der Waals surface area contributed by atoms with E-state index in [0.717, 1.165) is 5.56 Å². The van der Waals surface area contributed by atoms with Gasteiger partial charge in [-0.1, -0.05) is 30.3 Å². The molecule has 1 aromatic heterocycles. The number of H-pyrrole nitrogens is 2. The predicted octanol–water partition coefficient (Wildman–Crippen LogP) is 0.700. The summed E-state index contributed by atoms with van der Waals surface area (Å²) in [5.41, 5.74) is 0.539. The molecule has 1 amide bonds. The van der Waals surface area contributed by atoms with Crippen LogP contribution in [0.4, 0.5) is 0 Å². The van der Waals surface area contributed by atoms with Crippen LogP contribution in [0.2, 0.25) is 0 Å². The van der Waals surface area contributed by atoms with Crippen LogP contribution in [0.25, 0.3) is 0 Å². The lowest BCUT2D eigenvalue weighted by Crippen LogP contribution is -2.48. The maximum absolute atomic E-state index is 12.4. The third-order valence-electron chi connectivity index (χ3n) is 3.57. The lowest BCUT2D eigenvalue weighted by molar-refractivity contribution is -0.0490. The fraction of sp³-hybridized carbons (Fsp3) is 0.357. The number of hydrogen-bond donors (Lipinski definition) is 2. The molecule has 1 aliphatic heterocycles. The molecule has 2 N–H and O–H groups in total. The Morgan fingerprint density at radius 1 is 1.38 bits per heavy atom. The highest BCUT2D eigenvalue weighted by Crippen LogP contribution is 2.25. The Hall–Kier alpha value is -2.41. The van der Waals surface area contributed by atoms with Crippen LogP contribution in [-0.4, -0.2) is 45.2 Å². The molecule has 2 heterocycles. The molecule has 3 rings (SSSR count). The maximum Gasteiger partial charge on any atom is 0.341 e. The molecule has 7 nitrogen and oxygen atoms in total. The van der Waals surface area contributed by atoms with Crippen LogP contribution in [0.15, 0.2) is 35.1 Å². The highest BCUT2D eigenvalue weighted by Gasteiger charge is 2.32. The average Bonchev–Trinajstić information content (AvgIpc) is 2.94. The number of carbonyl (C=O) groups is 1. The van der Waals surface area contributed by atoms with Gasteiger partial charge in [-0.25, -0.2) is 9.89 Å². The second-order valence-electron chi connectivity index (χ2n) is 5.07. The number of hydrogen-bond acceptors (Lipinski definition) is 4. The summed E-state index contributed by atoms with van der Waals surface area (Å²) in [6.45, 7) is 2.78. The number of rotatable bonds is 2. The first-order valence-corrected chi connectivity index (χ1v) is 6.77. The molecule has 0 saturated carbocycles. The number of morpholine rings is 1. The fourth-order valence-electron chi connectivity index (χ4n) is 2.42. The molecule has 1 fully saturated rings. The second kappa shape index (κ2) is 5.53. The average molecular weight is 288 g/mol. The Morgan fingerprint density at radius 2 is 2.14 bits per heavy atom. The fourth-order valence-corrected chi connectivity index (χ4v) is 2.42. The smallest absolute Gasteiger partial charge is 0.341 e. The Morgan fingerprint density at radius 3 is 2.81 bits per heavy atom. The summed E-state index contributed by atoms with van der Waals surface area (Å²) >= 11 is 0. The van der Waals surface area contributed by atoms with E-state index in [0.29, 0.717) is 13.2 Å². The zero-order chi connectivity index (χ0) is 14.8. The third kappa shape index (κ3) is 2.73. The number of amides is 1. The van der Waals surface area contributed by atoms with Crippen molar-refractivity contribution < 1.29 is 9.53 Å². The van der Waals surface area contributed by atoms with Gasteiger partial charge < -0.3 is 9.64 Å². The van der Waals surface area contributed by atoms with Gasteiger partial charge in [-0.15, -0.1) is 5.10 Å². The van der Waals surface area contributed by atoms with Crippen molar-refractivity contribution in [3.05, 3.63) is 52.2 Å². The molecule has 110 valence electrons. The normalized spacial score (nSPS) is 22.2. The number of ether oxygens (including phenoxy) is 1. The van der Waals surface area contributed by atoms with Crippen molar-refractivity contribution in [3.63, 3.8) is 0 Å². The second-order valence-corrected chi connectivity index (χ2v) is 5.07. The Balaban J connectivity index is 1.81. The van der Waals surface area contributed by atoms with Crippen LogP contribution in [-0.2, 0) is 4.74 Å². The van der Waals surface area contributed by atoms with Gasteiger partial charge in [0.15, 0.2) is 0 Å². The minimum absolute atomic E-state index is 0.0283. The minimum atomic E-state index is -0.487. The molecule has 0 aliphatic carbocycles. The molecule has 0 bridgehead atoms. The summed E-state index contributed by atoms with van der Waals surface area (Å²) in [4.78, 5) is 27.6. The predicted molar refractivity (Wildman–Crippen MR) is 74.8 cm³/mol. The number of aromatic nitrogens is 3. The summed E-state index contributed by atoms with van der Waals surface area (Å²) in [6.07, 6.45) is -0.169. The number of aromatic amines is 2. The van der Waals surface area contributed by atoms with Gasteiger partial charge in [0, 0.05) is 0 Å². The first kappa shape index (κ1) is 13.6. The van der Waals surface area contributed by atoms with Crippen molar-refractivity contribution in [3.8, 4) is 0 Å². The van der Waals surface area contributed by atoms with Crippen molar-refractivity contribution in [1.82, 2.24) is 20.1 Å². The topological polar surface area (TPSA) is 91.1 Å². The SMILES string of the molecule is CC1COC(c2ccccc2)CN1C(=O)c1n[nH]c(=O)[nH]1. The zero-order valence-electron chi connectivity index (χ0n) is 11.6. The summed E-state index contributed by atoms with van der Waals surface area (Å²) in [6, 6.07) is 9.69. The van der Waals surface area contributed by atoms with Gasteiger partial charge >= 0.3 is 5.69 Å². The number of nitrogens with one attached hydrogen (secondary N) is 2. The van der Waals surface area contributed by atoms with Gasteiger partial charge in [0.1, 0.15) is 6.10 Å². The Kier molecular flexibility index (Phi) is 3.57. The zero-order valence-corrected chi connectivity index (χ0v) is 11.6. The molecular weight excluding hydrogens is 272 g/mol. The van der Waals surface area contributed by atoms with Crippen LogP contribution < -0.4 is 5.69 Å². The van der Waals surface area contributed by atoms with E-state index in [1.54, 1.807) is 4.90 Å². The maximum atomic E-state index is 12.4. The monoisotopic (exact) mass is 288 g/mol. The largest absolute Gasteiger partial charge is 0.370 e. The quantitative estimate of drug-likeness (QED) is 0.851. The van der Waals surface area contributed by atoms with Crippen molar-refractivity contribution >= 4 is 5.91 Å². The van der Waals surface area contributed by atoms with Gasteiger partial charge in [-0.2, -0.15) is 0 Å². The molecular formula is C14H16N4O3. The van der Waals surface area contributed by atoms with E-state index in [-0.39, 0.29) is 23.9 Å². The first-order valence-electron chi connectivity index (χ1n) is 6.77. The Labute approximate surface area is 120 Å². The molecule has 2 atom stereocenters. The molecule has 0 radical (unpaired) electrons. The molecule has 1 aromatic carbocycles. The van der Waals surface area contributed by atoms with Crippen LogP contribution in [0, 0.1) is 0 Å². The Bertz CT molecular complexity index is 679. The van der Waals surface area contributed by atoms with Gasteiger partial charge in [-0.3, -0.25) is 9.78 Å². The van der Waals surface area contributed by atoms with Crippen molar-refractivity contribution in [1.29, 1.82) is 0 Å². The van der Waals surface area contributed by atoms with Crippen molar-refractivity contribution in [2.75, 3.05) is 13.2 Å². The summed E-state index contributed by atoms with van der Waals surface area (Å²) < 4.78 is 5.80. The molecule has 1 saturated heterocycles. The summed E-state index contributed by atoms with van der Waals surface area (Å²) in [5.74, 6) is -0.273. The van der Waals surface area contributed by atoms with Crippen LogP contribution in [0.5, 0.6) is 0 Å². The van der Waals surface area contributed by atoms with Crippen LogP contribution in [0.1, 0.15) is 29.2 Å². The molecule has 1 aliphatic rings. The number of carbonyl (C=O) groups excluding carboxylic acids is 1. The molecule has 7 heteroatoms. The highest BCUT2D eigenvalue weighted by atomic mass is 16.5. The standard InChI is InChI=1S/C14H16N4O3/c1-9-8-21-11(10-5-3-2-4-6-10)7-18(9)13(19)12-15-14(20)17-16-12/h2-6,9,11H,7-8H2,1H3,(H2,15,16,17,20). The lowest BCUT2D eigenvalue weighted by Gasteiger charge is -2.37. The van der Waals surface area contributed by atoms with Crippen LogP contribution >= 0.6 is 0 Å². The summed E-state index contributed by atoms with van der Waals surface area (Å²) in [7, 11) is 0. The number of nitrogens with zero attached hydrogens (tertiary/aromatic N) is 2. The third-order valence-corrected chi connectivity index (χ3v) is 3.57. The molecule has 2 unspecified atom stereocenters. The summed E-state index contributed by atoms with van der Waals surface area (Å²) in [5, 5.41) is 5.90.